The van der Waals surface area contributed by atoms with Gasteiger partial charge in [0.05, 0.1) is 24.1 Å². The minimum atomic E-state index is 0.541. The van der Waals surface area contributed by atoms with Crippen LogP contribution in [0.1, 0.15) is 24.1 Å². The Morgan fingerprint density at radius 3 is 3.04 bits per heavy atom. The van der Waals surface area contributed by atoms with E-state index in [0.717, 1.165) is 59.7 Å². The number of aryl methyl sites for hydroxylation is 1. The third-order valence-corrected chi connectivity index (χ3v) is 5.40. The summed E-state index contributed by atoms with van der Waals surface area (Å²) in [4.78, 5) is 9.02. The number of aromatic nitrogens is 3. The van der Waals surface area contributed by atoms with Crippen LogP contribution in [-0.2, 0) is 18.3 Å². The first-order chi connectivity index (χ1) is 13.8. The molecule has 0 aliphatic carbocycles. The summed E-state index contributed by atoms with van der Waals surface area (Å²) < 4.78 is 13.3. The molecule has 0 amide bonds. The van der Waals surface area contributed by atoms with Gasteiger partial charge in [-0.3, -0.25) is 14.7 Å². The quantitative estimate of drug-likeness (QED) is 0.756. The molecule has 0 unspecified atom stereocenters. The Labute approximate surface area is 163 Å². The fraction of sp³-hybridized carbons (Fsp3) is 0.381. The van der Waals surface area contributed by atoms with E-state index in [1.165, 1.54) is 0 Å². The Hall–Kier alpha value is -2.93. The number of ether oxygens (including phenoxy) is 2. The lowest BCUT2D eigenvalue weighted by atomic mass is 10.0. The van der Waals surface area contributed by atoms with Crippen LogP contribution in [0, 0.1) is 5.92 Å². The average molecular weight is 377 g/mol. The number of aliphatic imine (C=N–C) groups is 1. The largest absolute Gasteiger partial charge is 0.476 e. The highest BCUT2D eigenvalue weighted by Gasteiger charge is 2.19. The summed E-state index contributed by atoms with van der Waals surface area (Å²) in [6, 6.07) is 10.2. The van der Waals surface area contributed by atoms with Gasteiger partial charge >= 0.3 is 0 Å². The molecule has 2 aromatic heterocycles. The van der Waals surface area contributed by atoms with Gasteiger partial charge in [0.1, 0.15) is 5.69 Å². The van der Waals surface area contributed by atoms with Crippen molar-refractivity contribution < 1.29 is 9.47 Å². The first-order valence-corrected chi connectivity index (χ1v) is 9.71. The zero-order valence-corrected chi connectivity index (χ0v) is 15.9. The Morgan fingerprint density at radius 1 is 1.25 bits per heavy atom. The van der Waals surface area contributed by atoms with E-state index in [0.29, 0.717) is 24.9 Å². The standard InChI is InChI=1S/C21H23N5O2/c1-26-18-11-16(24-20-19-15(12-23-20)3-2-8-22-19)4-5-17(18)21(25-26)28-13-14-6-9-27-10-7-14/h2-5,8,11,14H,6-7,9-10,12-13H2,1H3,(H,23,24). The Balaban J connectivity index is 1.34. The number of benzene rings is 1. The summed E-state index contributed by atoms with van der Waals surface area (Å²) in [5.74, 6) is 2.05. The van der Waals surface area contributed by atoms with Gasteiger partial charge in [-0.15, -0.1) is 5.10 Å². The number of rotatable bonds is 4. The molecule has 0 bridgehead atoms. The van der Waals surface area contributed by atoms with E-state index in [9.17, 15) is 0 Å². The molecule has 1 saturated heterocycles. The minimum Gasteiger partial charge on any atom is -0.476 e. The third kappa shape index (κ3) is 3.22. The lowest BCUT2D eigenvalue weighted by Gasteiger charge is -2.21. The van der Waals surface area contributed by atoms with E-state index in [1.54, 1.807) is 6.20 Å². The summed E-state index contributed by atoms with van der Waals surface area (Å²) in [6.07, 6.45) is 3.90. The topological polar surface area (TPSA) is 73.6 Å². The van der Waals surface area contributed by atoms with Crippen LogP contribution in [0.4, 0.5) is 5.69 Å². The lowest BCUT2D eigenvalue weighted by molar-refractivity contribution is 0.0492. The van der Waals surface area contributed by atoms with Gasteiger partial charge in [0.2, 0.25) is 5.88 Å². The maximum atomic E-state index is 6.06. The predicted molar refractivity (Wildman–Crippen MR) is 108 cm³/mol. The van der Waals surface area contributed by atoms with Gasteiger partial charge in [-0.2, -0.15) is 0 Å². The van der Waals surface area contributed by atoms with Gasteiger partial charge in [0.15, 0.2) is 5.84 Å². The highest BCUT2D eigenvalue weighted by Crippen LogP contribution is 2.29. The predicted octanol–water partition coefficient (Wildman–Crippen LogP) is 3.15. The molecule has 5 rings (SSSR count). The summed E-state index contributed by atoms with van der Waals surface area (Å²) in [5.41, 5.74) is 4.05. The molecule has 0 radical (unpaired) electrons. The summed E-state index contributed by atoms with van der Waals surface area (Å²) >= 11 is 0. The number of hydrogen-bond acceptors (Lipinski definition) is 6. The fourth-order valence-electron chi connectivity index (χ4n) is 3.77. The van der Waals surface area contributed by atoms with Crippen molar-refractivity contribution in [3.8, 4) is 5.88 Å². The zero-order chi connectivity index (χ0) is 18.9. The van der Waals surface area contributed by atoms with Crippen molar-refractivity contribution in [3.63, 3.8) is 0 Å². The molecule has 1 fully saturated rings. The molecule has 144 valence electrons. The van der Waals surface area contributed by atoms with Crippen LogP contribution in [0.15, 0.2) is 41.5 Å². The normalized spacial score (nSPS) is 16.8. The second-order valence-corrected chi connectivity index (χ2v) is 7.33. The molecule has 0 spiro atoms. The lowest BCUT2D eigenvalue weighted by Crippen LogP contribution is -2.21. The van der Waals surface area contributed by atoms with Crippen molar-refractivity contribution in [2.75, 3.05) is 25.1 Å². The number of pyridine rings is 1. The van der Waals surface area contributed by atoms with Gasteiger partial charge in [-0.1, -0.05) is 6.07 Å². The second kappa shape index (κ2) is 7.24. The average Bonchev–Trinajstić information content (AvgIpc) is 3.28. The summed E-state index contributed by atoms with van der Waals surface area (Å²) in [5, 5.41) is 9.00. The number of fused-ring (bicyclic) bond motifs is 2. The molecule has 3 aromatic rings. The molecule has 0 saturated carbocycles. The van der Waals surface area contributed by atoms with Crippen LogP contribution >= 0.6 is 0 Å². The van der Waals surface area contributed by atoms with Crippen molar-refractivity contribution in [2.24, 2.45) is 18.0 Å². The summed E-state index contributed by atoms with van der Waals surface area (Å²) in [6.45, 7) is 3.01. The van der Waals surface area contributed by atoms with E-state index >= 15 is 0 Å². The molecule has 2 aliphatic heterocycles. The smallest absolute Gasteiger partial charge is 0.240 e. The van der Waals surface area contributed by atoms with Gasteiger partial charge < -0.3 is 14.8 Å². The van der Waals surface area contributed by atoms with Crippen LogP contribution < -0.4 is 10.1 Å². The maximum Gasteiger partial charge on any atom is 0.240 e. The minimum absolute atomic E-state index is 0.541. The van der Waals surface area contributed by atoms with Gasteiger partial charge in [0.25, 0.3) is 0 Å². The number of amidine groups is 1. The van der Waals surface area contributed by atoms with Crippen LogP contribution in [0.5, 0.6) is 5.88 Å². The molecule has 1 aromatic carbocycles. The summed E-state index contributed by atoms with van der Waals surface area (Å²) in [7, 11) is 1.94. The van der Waals surface area contributed by atoms with Crippen LogP contribution in [0.3, 0.4) is 0 Å². The van der Waals surface area contributed by atoms with Crippen LogP contribution in [-0.4, -0.2) is 40.4 Å². The number of nitrogens with zero attached hydrogens (tertiary/aromatic N) is 4. The molecule has 28 heavy (non-hydrogen) atoms. The van der Waals surface area contributed by atoms with E-state index in [1.807, 2.05) is 23.9 Å². The van der Waals surface area contributed by atoms with Gasteiger partial charge in [-0.05, 0) is 43.0 Å². The molecule has 1 N–H and O–H groups in total. The van der Waals surface area contributed by atoms with Crippen molar-refractivity contribution in [3.05, 3.63) is 47.8 Å². The third-order valence-electron chi connectivity index (χ3n) is 5.40. The fourth-order valence-corrected chi connectivity index (χ4v) is 3.77. The molecule has 4 heterocycles. The Morgan fingerprint density at radius 2 is 2.14 bits per heavy atom. The Bertz CT molecular complexity index is 1040. The molecule has 7 heteroatoms. The number of nitrogens with one attached hydrogen (secondary N) is 1. The van der Waals surface area contributed by atoms with E-state index in [-0.39, 0.29) is 0 Å². The van der Waals surface area contributed by atoms with Crippen LogP contribution in [0.25, 0.3) is 10.9 Å². The van der Waals surface area contributed by atoms with Crippen LogP contribution in [0.2, 0.25) is 0 Å². The van der Waals surface area contributed by atoms with E-state index in [4.69, 9.17) is 9.47 Å². The number of hydrogen-bond donors (Lipinski definition) is 1. The van der Waals surface area contributed by atoms with Gasteiger partial charge in [0, 0.05) is 37.7 Å². The van der Waals surface area contributed by atoms with E-state index in [2.05, 4.69) is 38.6 Å². The Kier molecular flexibility index (Phi) is 4.44. The SMILES string of the molecule is Cn1nc(OCC2CCOCC2)c2ccc(NC3=NCc4cccnc43)cc21. The molecule has 0 atom stereocenters. The second-order valence-electron chi connectivity index (χ2n) is 7.33. The first kappa shape index (κ1) is 17.2. The highest BCUT2D eigenvalue weighted by atomic mass is 16.5. The first-order valence-electron chi connectivity index (χ1n) is 9.71. The van der Waals surface area contributed by atoms with Gasteiger partial charge in [-0.25, -0.2) is 0 Å². The highest BCUT2D eigenvalue weighted by molar-refractivity contribution is 6.09. The van der Waals surface area contributed by atoms with Crippen molar-refractivity contribution in [1.29, 1.82) is 0 Å². The molecular formula is C21H23N5O2. The maximum absolute atomic E-state index is 6.06. The van der Waals surface area contributed by atoms with E-state index < -0.39 is 0 Å². The molecule has 2 aliphatic rings. The zero-order valence-electron chi connectivity index (χ0n) is 15.9. The van der Waals surface area contributed by atoms with Crippen molar-refractivity contribution in [2.45, 2.75) is 19.4 Å². The molecule has 7 nitrogen and oxygen atoms in total. The van der Waals surface area contributed by atoms with Crippen molar-refractivity contribution in [1.82, 2.24) is 14.8 Å². The molecular weight excluding hydrogens is 354 g/mol. The number of anilines is 1. The monoisotopic (exact) mass is 377 g/mol. The van der Waals surface area contributed by atoms with Crippen molar-refractivity contribution >= 4 is 22.4 Å².